The van der Waals surface area contributed by atoms with E-state index in [-0.39, 0.29) is 6.04 Å². The molecule has 0 aromatic rings. The van der Waals surface area contributed by atoms with Gasteiger partial charge in [-0.2, -0.15) is 0 Å². The normalized spacial score (nSPS) is 19.9. The second-order valence-corrected chi connectivity index (χ2v) is 2.70. The first-order valence-corrected chi connectivity index (χ1v) is 5.36. The van der Waals surface area contributed by atoms with Gasteiger partial charge in [0.25, 0.3) is 0 Å². The first-order valence-electron chi connectivity index (χ1n) is 5.36. The van der Waals surface area contributed by atoms with Gasteiger partial charge in [-0.1, -0.05) is 27.7 Å². The maximum Gasteiger partial charge on any atom is 0.404 e. The van der Waals surface area contributed by atoms with Crippen molar-refractivity contribution in [3.8, 4) is 0 Å². The number of hydrogen-bond acceptors (Lipinski definition) is 2. The number of nitrogens with one attached hydrogen (secondary N) is 1. The van der Waals surface area contributed by atoms with Crippen LogP contribution in [-0.4, -0.2) is 42.3 Å². The molecule has 2 N–H and O–H groups in total. The molecule has 1 fully saturated rings. The van der Waals surface area contributed by atoms with Crippen LogP contribution in [0.2, 0.25) is 0 Å². The van der Waals surface area contributed by atoms with Crippen molar-refractivity contribution < 1.29 is 9.90 Å². The standard InChI is InChI=1S/C6H12N2O2.2C2H6/c1-8-3-2-5(4-8)7-6(9)10;2*1-2/h5,7H,2-4H2,1H3,(H,9,10);2*1-2H3/t5-;;/m1../s1. The van der Waals surface area contributed by atoms with Gasteiger partial charge in [0.15, 0.2) is 0 Å². The van der Waals surface area contributed by atoms with Crippen molar-refractivity contribution in [3.05, 3.63) is 0 Å². The summed E-state index contributed by atoms with van der Waals surface area (Å²) in [6.07, 6.45) is 0.0169. The predicted molar refractivity (Wildman–Crippen MR) is 59.8 cm³/mol. The van der Waals surface area contributed by atoms with E-state index in [1.54, 1.807) is 0 Å². The number of likely N-dealkylation sites (tertiary alicyclic amines) is 1. The SMILES string of the molecule is CC.CC.CN1CC[C@@H](NC(=O)O)C1. The van der Waals surface area contributed by atoms with E-state index in [9.17, 15) is 4.79 Å². The Labute approximate surface area is 87.3 Å². The van der Waals surface area contributed by atoms with Gasteiger partial charge in [0.1, 0.15) is 0 Å². The number of rotatable bonds is 1. The quantitative estimate of drug-likeness (QED) is 0.687. The molecule has 1 atom stereocenters. The lowest BCUT2D eigenvalue weighted by Gasteiger charge is -2.08. The van der Waals surface area contributed by atoms with E-state index in [0.717, 1.165) is 19.5 Å². The second-order valence-electron chi connectivity index (χ2n) is 2.70. The summed E-state index contributed by atoms with van der Waals surface area (Å²) in [5, 5.41) is 10.8. The minimum atomic E-state index is -0.916. The third-order valence-corrected chi connectivity index (χ3v) is 1.72. The molecule has 1 saturated heterocycles. The van der Waals surface area contributed by atoms with E-state index in [0.29, 0.717) is 0 Å². The lowest BCUT2D eigenvalue weighted by molar-refractivity contribution is 0.190. The topological polar surface area (TPSA) is 52.6 Å². The van der Waals surface area contributed by atoms with Crippen molar-refractivity contribution in [1.82, 2.24) is 10.2 Å². The fourth-order valence-corrected chi connectivity index (χ4v) is 1.23. The van der Waals surface area contributed by atoms with Crippen molar-refractivity contribution in [1.29, 1.82) is 0 Å². The van der Waals surface area contributed by atoms with Crippen molar-refractivity contribution in [2.24, 2.45) is 0 Å². The molecule has 1 aliphatic heterocycles. The molecule has 0 radical (unpaired) electrons. The van der Waals surface area contributed by atoms with Gasteiger partial charge in [0, 0.05) is 12.6 Å². The van der Waals surface area contributed by atoms with Crippen LogP contribution in [0.25, 0.3) is 0 Å². The fourth-order valence-electron chi connectivity index (χ4n) is 1.23. The number of likely N-dealkylation sites (N-methyl/N-ethyl adjacent to an activating group) is 1. The molecule has 0 bridgehead atoms. The molecule has 1 aliphatic rings. The number of carboxylic acid groups (broad SMARTS) is 1. The van der Waals surface area contributed by atoms with Gasteiger partial charge in [-0.3, -0.25) is 0 Å². The number of carbonyl (C=O) groups is 1. The van der Waals surface area contributed by atoms with Crippen molar-refractivity contribution >= 4 is 6.09 Å². The number of amides is 1. The summed E-state index contributed by atoms with van der Waals surface area (Å²) in [6, 6.07) is 0.141. The van der Waals surface area contributed by atoms with Crippen LogP contribution in [0.3, 0.4) is 0 Å². The Kier molecular flexibility index (Phi) is 11.6. The van der Waals surface area contributed by atoms with Gasteiger partial charge in [-0.15, -0.1) is 0 Å². The zero-order valence-electron chi connectivity index (χ0n) is 10.0. The number of nitrogens with zero attached hydrogens (tertiary/aromatic N) is 1. The molecule has 0 spiro atoms. The van der Waals surface area contributed by atoms with E-state index >= 15 is 0 Å². The molecule has 0 saturated carbocycles. The van der Waals surface area contributed by atoms with Crippen LogP contribution in [0, 0.1) is 0 Å². The zero-order chi connectivity index (χ0) is 11.6. The average molecular weight is 204 g/mol. The molecule has 0 unspecified atom stereocenters. The van der Waals surface area contributed by atoms with Crippen molar-refractivity contribution in [3.63, 3.8) is 0 Å². The lowest BCUT2D eigenvalue weighted by atomic mass is 10.3. The third-order valence-electron chi connectivity index (χ3n) is 1.72. The minimum absolute atomic E-state index is 0.141. The van der Waals surface area contributed by atoms with Gasteiger partial charge in [0.2, 0.25) is 0 Å². The summed E-state index contributed by atoms with van der Waals surface area (Å²) in [7, 11) is 1.99. The largest absolute Gasteiger partial charge is 0.465 e. The highest BCUT2D eigenvalue weighted by Crippen LogP contribution is 2.05. The van der Waals surface area contributed by atoms with Crippen molar-refractivity contribution in [2.75, 3.05) is 20.1 Å². The Bertz CT molecular complexity index is 140. The Morgan fingerprint density at radius 1 is 1.36 bits per heavy atom. The van der Waals surface area contributed by atoms with Crippen LogP contribution >= 0.6 is 0 Å². The highest BCUT2D eigenvalue weighted by Gasteiger charge is 2.20. The maximum absolute atomic E-state index is 10.1. The summed E-state index contributed by atoms with van der Waals surface area (Å²) < 4.78 is 0. The third kappa shape index (κ3) is 7.86. The molecule has 4 heteroatoms. The van der Waals surface area contributed by atoms with Gasteiger partial charge in [-0.05, 0) is 20.0 Å². The predicted octanol–water partition coefficient (Wildman–Crippen LogP) is 2.01. The molecule has 1 rings (SSSR count). The molecular formula is C10H24N2O2. The highest BCUT2D eigenvalue weighted by atomic mass is 16.4. The molecule has 0 aliphatic carbocycles. The van der Waals surface area contributed by atoms with Crippen LogP contribution in [-0.2, 0) is 0 Å². The zero-order valence-corrected chi connectivity index (χ0v) is 10.0. The van der Waals surface area contributed by atoms with E-state index in [1.165, 1.54) is 0 Å². The van der Waals surface area contributed by atoms with Gasteiger partial charge in [-0.25, -0.2) is 4.79 Å². The summed E-state index contributed by atoms with van der Waals surface area (Å²) in [6.45, 7) is 9.83. The highest BCUT2D eigenvalue weighted by molar-refractivity contribution is 5.64. The number of hydrogen-bond donors (Lipinski definition) is 2. The molecule has 86 valence electrons. The average Bonchev–Trinajstić information content (AvgIpc) is 2.57. The molecule has 1 amide bonds. The van der Waals surface area contributed by atoms with Gasteiger partial charge >= 0.3 is 6.09 Å². The smallest absolute Gasteiger partial charge is 0.404 e. The Hall–Kier alpha value is -0.770. The minimum Gasteiger partial charge on any atom is -0.465 e. The summed E-state index contributed by atoms with van der Waals surface area (Å²) >= 11 is 0. The van der Waals surface area contributed by atoms with Crippen LogP contribution in [0.1, 0.15) is 34.1 Å². The Morgan fingerprint density at radius 3 is 2.14 bits per heavy atom. The van der Waals surface area contributed by atoms with Gasteiger partial charge in [0.05, 0.1) is 0 Å². The molecule has 14 heavy (non-hydrogen) atoms. The summed E-state index contributed by atoms with van der Waals surface area (Å²) in [4.78, 5) is 12.2. The monoisotopic (exact) mass is 204 g/mol. The first-order chi connectivity index (χ1) is 6.68. The fraction of sp³-hybridized carbons (Fsp3) is 0.900. The van der Waals surface area contributed by atoms with E-state index in [1.807, 2.05) is 34.7 Å². The Balaban J connectivity index is 0. The van der Waals surface area contributed by atoms with Crippen LogP contribution in [0.4, 0.5) is 4.79 Å². The lowest BCUT2D eigenvalue weighted by Crippen LogP contribution is -2.35. The molecule has 1 heterocycles. The van der Waals surface area contributed by atoms with E-state index in [4.69, 9.17) is 5.11 Å². The summed E-state index contributed by atoms with van der Waals surface area (Å²) in [5.74, 6) is 0. The van der Waals surface area contributed by atoms with Crippen molar-refractivity contribution in [2.45, 2.75) is 40.2 Å². The second kappa shape index (κ2) is 10.3. The van der Waals surface area contributed by atoms with Crippen LogP contribution < -0.4 is 5.32 Å². The van der Waals surface area contributed by atoms with E-state index in [2.05, 4.69) is 10.2 Å². The molecule has 4 nitrogen and oxygen atoms in total. The van der Waals surface area contributed by atoms with Crippen LogP contribution in [0.5, 0.6) is 0 Å². The van der Waals surface area contributed by atoms with E-state index < -0.39 is 6.09 Å². The molecular weight excluding hydrogens is 180 g/mol. The first kappa shape index (κ1) is 15.7. The maximum atomic E-state index is 10.1. The summed E-state index contributed by atoms with van der Waals surface area (Å²) in [5.41, 5.74) is 0. The molecule has 0 aromatic carbocycles. The van der Waals surface area contributed by atoms with Gasteiger partial charge < -0.3 is 15.3 Å². The van der Waals surface area contributed by atoms with Crippen LogP contribution in [0.15, 0.2) is 0 Å². The Morgan fingerprint density at radius 2 is 1.86 bits per heavy atom. The molecule has 0 aromatic heterocycles.